The van der Waals surface area contributed by atoms with Gasteiger partial charge in [0.2, 0.25) is 12.7 Å². The van der Waals surface area contributed by atoms with Crippen LogP contribution in [0.15, 0.2) is 64.6 Å². The number of amides is 1. The van der Waals surface area contributed by atoms with Crippen molar-refractivity contribution in [3.05, 3.63) is 77.1 Å². The largest absolute Gasteiger partial charge is 0.454 e. The van der Waals surface area contributed by atoms with Gasteiger partial charge in [0.05, 0.1) is 27.9 Å². The van der Waals surface area contributed by atoms with Crippen molar-refractivity contribution in [2.75, 3.05) is 17.9 Å². The lowest BCUT2D eigenvalue weighted by Crippen LogP contribution is -2.16. The van der Waals surface area contributed by atoms with Gasteiger partial charge < -0.3 is 14.8 Å². The smallest absolute Gasteiger partial charge is 0.234 e. The third-order valence-corrected chi connectivity index (χ3v) is 6.59. The van der Waals surface area contributed by atoms with Gasteiger partial charge in [-0.1, -0.05) is 12.1 Å². The lowest BCUT2D eigenvalue weighted by atomic mass is 10.1. The van der Waals surface area contributed by atoms with E-state index in [4.69, 9.17) is 19.5 Å². The fraction of sp³-hybridized carbons (Fsp3) is 0.192. The van der Waals surface area contributed by atoms with Crippen LogP contribution in [0.1, 0.15) is 23.1 Å². The Hall–Kier alpha value is -3.65. The normalized spacial score (nSPS) is 14.1. The summed E-state index contributed by atoms with van der Waals surface area (Å²) < 4.78 is 24.2. The highest BCUT2D eigenvalue weighted by atomic mass is 32.2. The summed E-state index contributed by atoms with van der Waals surface area (Å²) in [6.07, 6.45) is 0.445. The number of carbonyl (C=O) groups is 1. The van der Waals surface area contributed by atoms with Crippen LogP contribution in [0.3, 0.4) is 0 Å². The number of nitrogens with one attached hydrogen (secondary N) is 1. The predicted molar refractivity (Wildman–Crippen MR) is 134 cm³/mol. The molecule has 3 aromatic rings. The predicted octanol–water partition coefficient (Wildman–Crippen LogP) is 6.10. The van der Waals surface area contributed by atoms with Gasteiger partial charge in [0.15, 0.2) is 11.5 Å². The summed E-state index contributed by atoms with van der Waals surface area (Å²) in [5.74, 6) is 1.01. The summed E-state index contributed by atoms with van der Waals surface area (Å²) in [4.78, 5) is 22.3. The second kappa shape index (κ2) is 9.30. The van der Waals surface area contributed by atoms with Gasteiger partial charge in [0.1, 0.15) is 5.82 Å². The molecule has 0 bridgehead atoms. The van der Waals surface area contributed by atoms with Crippen molar-refractivity contribution in [3.63, 3.8) is 0 Å². The van der Waals surface area contributed by atoms with Gasteiger partial charge in [-0.25, -0.2) is 9.38 Å². The minimum absolute atomic E-state index is 0.156. The van der Waals surface area contributed by atoms with Crippen molar-refractivity contribution in [1.29, 1.82) is 0 Å². The van der Waals surface area contributed by atoms with E-state index in [9.17, 15) is 9.18 Å². The lowest BCUT2D eigenvalue weighted by Gasteiger charge is -2.09. The van der Waals surface area contributed by atoms with Crippen molar-refractivity contribution in [3.8, 4) is 11.5 Å². The van der Waals surface area contributed by atoms with Gasteiger partial charge >= 0.3 is 0 Å². The number of halogens is 1. The van der Waals surface area contributed by atoms with Crippen molar-refractivity contribution >= 4 is 45.5 Å². The molecule has 3 aromatic carbocycles. The molecule has 34 heavy (non-hydrogen) atoms. The Kier molecular flexibility index (Phi) is 6.06. The monoisotopic (exact) mass is 475 g/mol. The Bertz CT molecular complexity index is 1340. The summed E-state index contributed by atoms with van der Waals surface area (Å²) in [6, 6.07) is 15.6. The number of carbonyl (C=O) groups excluding carboxylic acids is 1. The fourth-order valence-electron chi connectivity index (χ4n) is 3.68. The first-order chi connectivity index (χ1) is 16.4. The summed E-state index contributed by atoms with van der Waals surface area (Å²) in [5, 5.41) is 3.66. The van der Waals surface area contributed by atoms with Crippen molar-refractivity contribution in [2.45, 2.75) is 20.3 Å². The highest BCUT2D eigenvalue weighted by Crippen LogP contribution is 2.36. The maximum absolute atomic E-state index is 13.5. The number of anilines is 1. The number of hydrogen-bond acceptors (Lipinski definition) is 6. The molecule has 0 radical (unpaired) electrons. The third kappa shape index (κ3) is 4.82. The molecule has 1 amide bonds. The second-order valence-corrected chi connectivity index (χ2v) is 9.13. The van der Waals surface area contributed by atoms with Crippen LogP contribution in [0.5, 0.6) is 11.5 Å². The van der Waals surface area contributed by atoms with Crippen LogP contribution in [0.2, 0.25) is 0 Å². The van der Waals surface area contributed by atoms with Gasteiger partial charge in [-0.2, -0.15) is 0 Å². The standard InChI is InChI=1S/C26H22FN3O3S/c1-15-9-21-22(10-16(15)2)30-26(12-20(29-21)17-3-5-18(27)6-4-17)34-13-25(31)28-19-7-8-23-24(11-19)33-14-32-23/h3-11H,12-14H2,1-2H3,(H,28,31). The van der Waals surface area contributed by atoms with Crippen molar-refractivity contribution in [2.24, 2.45) is 9.98 Å². The van der Waals surface area contributed by atoms with Gasteiger partial charge in [-0.05, 0) is 66.9 Å². The zero-order valence-corrected chi connectivity index (χ0v) is 19.5. The van der Waals surface area contributed by atoms with Crippen LogP contribution in [-0.2, 0) is 4.79 Å². The molecule has 0 atom stereocenters. The SMILES string of the molecule is Cc1cc2c(cc1C)N=C(c1ccc(F)cc1)CC(SCC(=O)Nc1ccc3c(c1)OCO3)=N2. The van der Waals surface area contributed by atoms with Crippen LogP contribution < -0.4 is 14.8 Å². The van der Waals surface area contributed by atoms with E-state index < -0.39 is 0 Å². The fourth-order valence-corrected chi connectivity index (χ4v) is 4.45. The Morgan fingerprint density at radius 2 is 1.68 bits per heavy atom. The molecule has 0 aliphatic carbocycles. The summed E-state index contributed by atoms with van der Waals surface area (Å²) in [5.41, 5.74) is 6.02. The topological polar surface area (TPSA) is 72.3 Å². The highest BCUT2D eigenvalue weighted by Gasteiger charge is 2.19. The average Bonchev–Trinajstić information content (AvgIpc) is 3.21. The second-order valence-electron chi connectivity index (χ2n) is 8.08. The maximum atomic E-state index is 13.5. The van der Waals surface area contributed by atoms with Crippen LogP contribution in [0.25, 0.3) is 0 Å². The van der Waals surface area contributed by atoms with E-state index in [1.807, 2.05) is 26.0 Å². The minimum Gasteiger partial charge on any atom is -0.454 e. The minimum atomic E-state index is -0.298. The maximum Gasteiger partial charge on any atom is 0.234 e. The molecule has 0 spiro atoms. The summed E-state index contributed by atoms with van der Waals surface area (Å²) in [6.45, 7) is 4.25. The van der Waals surface area contributed by atoms with Gasteiger partial charge in [0, 0.05) is 18.2 Å². The van der Waals surface area contributed by atoms with Crippen LogP contribution in [0, 0.1) is 19.7 Å². The first kappa shape index (κ1) is 22.2. The van der Waals surface area contributed by atoms with E-state index >= 15 is 0 Å². The Labute approximate surface area is 200 Å². The first-order valence-electron chi connectivity index (χ1n) is 10.8. The molecule has 2 aliphatic heterocycles. The summed E-state index contributed by atoms with van der Waals surface area (Å²) >= 11 is 1.37. The molecular weight excluding hydrogens is 453 g/mol. The van der Waals surface area contributed by atoms with Gasteiger partial charge in [-0.15, -0.1) is 11.8 Å². The zero-order valence-electron chi connectivity index (χ0n) is 18.7. The number of ether oxygens (including phenoxy) is 2. The van der Waals surface area contributed by atoms with E-state index in [1.54, 1.807) is 30.3 Å². The number of nitrogens with zero attached hydrogens (tertiary/aromatic N) is 2. The molecule has 1 N–H and O–H groups in total. The Morgan fingerprint density at radius 1 is 0.971 bits per heavy atom. The zero-order chi connectivity index (χ0) is 23.7. The number of benzene rings is 3. The van der Waals surface area contributed by atoms with Crippen LogP contribution in [0.4, 0.5) is 21.5 Å². The molecule has 8 heteroatoms. The van der Waals surface area contributed by atoms with E-state index in [2.05, 4.69) is 5.32 Å². The molecule has 2 aliphatic rings. The molecule has 0 aromatic heterocycles. The summed E-state index contributed by atoms with van der Waals surface area (Å²) in [7, 11) is 0. The van der Waals surface area contributed by atoms with Gasteiger partial charge in [0.25, 0.3) is 0 Å². The number of hydrogen-bond donors (Lipinski definition) is 1. The van der Waals surface area contributed by atoms with Crippen molar-refractivity contribution < 1.29 is 18.7 Å². The van der Waals surface area contributed by atoms with Crippen LogP contribution in [-0.4, -0.2) is 29.2 Å². The first-order valence-corrected chi connectivity index (χ1v) is 11.8. The quantitative estimate of drug-likeness (QED) is 0.495. The Morgan fingerprint density at radius 3 is 2.44 bits per heavy atom. The number of thioether (sulfide) groups is 1. The molecule has 172 valence electrons. The highest BCUT2D eigenvalue weighted by molar-refractivity contribution is 8.14. The molecule has 0 fully saturated rings. The number of rotatable bonds is 4. The molecule has 2 heterocycles. The molecule has 6 nitrogen and oxygen atoms in total. The Balaban J connectivity index is 1.36. The third-order valence-electron chi connectivity index (χ3n) is 5.61. The van der Waals surface area contributed by atoms with Gasteiger partial charge in [-0.3, -0.25) is 9.79 Å². The lowest BCUT2D eigenvalue weighted by molar-refractivity contribution is -0.113. The average molecular weight is 476 g/mol. The number of fused-ring (bicyclic) bond motifs is 2. The molecule has 0 saturated heterocycles. The van der Waals surface area contributed by atoms with E-state index in [1.165, 1.54) is 23.9 Å². The number of aryl methyl sites for hydroxylation is 2. The molecule has 0 unspecified atom stereocenters. The molecule has 5 rings (SSSR count). The molecule has 0 saturated carbocycles. The van der Waals surface area contributed by atoms with E-state index in [0.29, 0.717) is 23.6 Å². The molecular formula is C26H22FN3O3S. The van der Waals surface area contributed by atoms with Crippen molar-refractivity contribution in [1.82, 2.24) is 0 Å². The van der Waals surface area contributed by atoms with E-state index in [0.717, 1.165) is 38.8 Å². The van der Waals surface area contributed by atoms with Crippen LogP contribution >= 0.6 is 11.8 Å². The number of aliphatic imine (C=N–C) groups is 2. The van der Waals surface area contributed by atoms with E-state index in [-0.39, 0.29) is 24.3 Å².